The number of carboxylic acids is 1. The summed E-state index contributed by atoms with van der Waals surface area (Å²) in [5, 5.41) is 11.8. The Bertz CT molecular complexity index is 260. The maximum atomic E-state index is 10.9. The highest BCUT2D eigenvalue weighted by Crippen LogP contribution is 2.14. The fourth-order valence-corrected chi connectivity index (χ4v) is 0.971. The summed E-state index contributed by atoms with van der Waals surface area (Å²) >= 11 is 0. The van der Waals surface area contributed by atoms with Crippen molar-refractivity contribution < 1.29 is 24.3 Å². The molecular weight excluding hydrogens is 178 g/mol. The van der Waals surface area contributed by atoms with E-state index in [0.29, 0.717) is 0 Å². The van der Waals surface area contributed by atoms with Crippen LogP contribution in [-0.4, -0.2) is 36.0 Å². The van der Waals surface area contributed by atoms with Crippen LogP contribution in [0.5, 0.6) is 0 Å². The van der Waals surface area contributed by atoms with Gasteiger partial charge in [-0.25, -0.2) is 4.79 Å². The largest absolute Gasteiger partial charge is 0.481 e. The fourth-order valence-electron chi connectivity index (χ4n) is 0.971. The highest BCUT2D eigenvalue weighted by molar-refractivity contribution is 6.36. The Labute approximate surface area is 74.1 Å². The average molecular weight is 187 g/mol. The number of hydrogen-bond donors (Lipinski definition) is 1. The van der Waals surface area contributed by atoms with E-state index in [1.165, 1.54) is 7.11 Å². The topological polar surface area (TPSA) is 85.2 Å². The molecule has 0 saturated heterocycles. The number of esters is 1. The van der Waals surface area contributed by atoms with Gasteiger partial charge in [0.1, 0.15) is 6.10 Å². The van der Waals surface area contributed by atoms with Crippen molar-refractivity contribution in [1.82, 2.24) is 0 Å². The van der Waals surface area contributed by atoms with Crippen molar-refractivity contribution in [3.63, 3.8) is 0 Å². The summed E-state index contributed by atoms with van der Waals surface area (Å²) in [6.45, 7) is 0. The van der Waals surface area contributed by atoms with E-state index in [2.05, 4.69) is 9.89 Å². The first-order chi connectivity index (χ1) is 6.13. The van der Waals surface area contributed by atoms with Gasteiger partial charge in [0, 0.05) is 6.42 Å². The number of carboxylic acid groups (broad SMARTS) is 1. The standard InChI is InChI=1S/C7H9NO5/c1-12-7(11)5-2-4(13-8-5)3-6(9)10/h4H,2-3H2,1H3,(H,9,10). The normalized spacial score (nSPS) is 20.4. The number of ether oxygens (including phenoxy) is 1. The lowest BCUT2D eigenvalue weighted by Crippen LogP contribution is -2.18. The van der Waals surface area contributed by atoms with Gasteiger partial charge in [0.15, 0.2) is 5.71 Å². The van der Waals surface area contributed by atoms with Crippen LogP contribution >= 0.6 is 0 Å². The van der Waals surface area contributed by atoms with Crippen LogP contribution in [0.4, 0.5) is 0 Å². The monoisotopic (exact) mass is 187 g/mol. The molecule has 13 heavy (non-hydrogen) atoms. The Balaban J connectivity index is 2.42. The van der Waals surface area contributed by atoms with Gasteiger partial charge in [-0.05, 0) is 0 Å². The molecule has 1 rings (SSSR count). The summed E-state index contributed by atoms with van der Waals surface area (Å²) in [6.07, 6.45) is -0.519. The van der Waals surface area contributed by atoms with Crippen LogP contribution in [0.1, 0.15) is 12.8 Å². The van der Waals surface area contributed by atoms with Crippen molar-refractivity contribution in [1.29, 1.82) is 0 Å². The second-order valence-corrected chi connectivity index (χ2v) is 2.56. The highest BCUT2D eigenvalue weighted by Gasteiger charge is 2.28. The first-order valence-electron chi connectivity index (χ1n) is 3.66. The molecular formula is C7H9NO5. The van der Waals surface area contributed by atoms with Gasteiger partial charge in [-0.3, -0.25) is 4.79 Å². The summed E-state index contributed by atoms with van der Waals surface area (Å²) in [6, 6.07) is 0. The van der Waals surface area contributed by atoms with Crippen LogP contribution in [0.2, 0.25) is 0 Å². The smallest absolute Gasteiger partial charge is 0.355 e. The second-order valence-electron chi connectivity index (χ2n) is 2.56. The molecule has 1 heterocycles. The molecule has 6 nitrogen and oxygen atoms in total. The van der Waals surface area contributed by atoms with Gasteiger partial charge in [-0.15, -0.1) is 0 Å². The van der Waals surface area contributed by atoms with E-state index in [9.17, 15) is 9.59 Å². The van der Waals surface area contributed by atoms with Gasteiger partial charge in [0.05, 0.1) is 13.5 Å². The van der Waals surface area contributed by atoms with Crippen LogP contribution in [-0.2, 0) is 19.2 Å². The van der Waals surface area contributed by atoms with Gasteiger partial charge in [-0.1, -0.05) is 5.16 Å². The molecule has 0 saturated carbocycles. The quantitative estimate of drug-likeness (QED) is 0.617. The molecule has 72 valence electrons. The van der Waals surface area contributed by atoms with Crippen molar-refractivity contribution >= 4 is 17.7 Å². The highest BCUT2D eigenvalue weighted by atomic mass is 16.6. The number of methoxy groups -OCH3 is 1. The van der Waals surface area contributed by atoms with E-state index in [0.717, 1.165) is 0 Å². The van der Waals surface area contributed by atoms with Crippen LogP contribution in [0.15, 0.2) is 5.16 Å². The first kappa shape index (κ1) is 9.50. The minimum atomic E-state index is -0.980. The van der Waals surface area contributed by atoms with Gasteiger partial charge in [0.25, 0.3) is 0 Å². The number of carbonyl (C=O) groups is 2. The van der Waals surface area contributed by atoms with E-state index >= 15 is 0 Å². The number of nitrogens with zero attached hydrogens (tertiary/aromatic N) is 1. The molecule has 0 aromatic rings. The second kappa shape index (κ2) is 3.88. The lowest BCUT2D eigenvalue weighted by molar-refractivity contribution is -0.139. The average Bonchev–Trinajstić information content (AvgIpc) is 2.50. The van der Waals surface area contributed by atoms with Crippen molar-refractivity contribution in [2.24, 2.45) is 5.16 Å². The molecule has 1 N–H and O–H groups in total. The molecule has 0 amide bonds. The number of hydrogen-bond acceptors (Lipinski definition) is 5. The summed E-state index contributed by atoms with van der Waals surface area (Å²) in [5.74, 6) is -1.56. The van der Waals surface area contributed by atoms with Gasteiger partial charge >= 0.3 is 11.9 Å². The van der Waals surface area contributed by atoms with E-state index in [-0.39, 0.29) is 18.6 Å². The predicted molar refractivity (Wildman–Crippen MR) is 41.2 cm³/mol. The molecule has 0 fully saturated rings. The summed E-state index contributed by atoms with van der Waals surface area (Å²) in [5.41, 5.74) is 0.133. The Kier molecular flexibility index (Phi) is 2.84. The molecule has 0 aromatic heterocycles. The third-order valence-corrected chi connectivity index (χ3v) is 1.56. The maximum Gasteiger partial charge on any atom is 0.355 e. The zero-order valence-corrected chi connectivity index (χ0v) is 7.02. The minimum Gasteiger partial charge on any atom is -0.481 e. The molecule has 1 aliphatic rings. The van der Waals surface area contributed by atoms with Crippen molar-refractivity contribution in [3.8, 4) is 0 Å². The minimum absolute atomic E-state index is 0.133. The zero-order chi connectivity index (χ0) is 9.84. The molecule has 0 bridgehead atoms. The Hall–Kier alpha value is -1.59. The third-order valence-electron chi connectivity index (χ3n) is 1.56. The van der Waals surface area contributed by atoms with Crippen LogP contribution in [0.25, 0.3) is 0 Å². The Morgan fingerprint density at radius 2 is 2.46 bits per heavy atom. The van der Waals surface area contributed by atoms with Crippen LogP contribution in [0, 0.1) is 0 Å². The fraction of sp³-hybridized carbons (Fsp3) is 0.571. The number of rotatable bonds is 3. The Morgan fingerprint density at radius 1 is 1.77 bits per heavy atom. The van der Waals surface area contributed by atoms with E-state index < -0.39 is 18.0 Å². The van der Waals surface area contributed by atoms with Crippen LogP contribution in [0.3, 0.4) is 0 Å². The molecule has 1 unspecified atom stereocenters. The SMILES string of the molecule is COC(=O)C1=NOC(CC(=O)O)C1. The predicted octanol–water partition coefficient (Wildman–Crippen LogP) is -0.221. The molecule has 0 spiro atoms. The number of carbonyl (C=O) groups excluding carboxylic acids is 1. The summed E-state index contributed by atoms with van der Waals surface area (Å²) in [7, 11) is 1.23. The Morgan fingerprint density at radius 3 is 3.00 bits per heavy atom. The van der Waals surface area contributed by atoms with Gasteiger partial charge < -0.3 is 14.7 Å². The van der Waals surface area contributed by atoms with Gasteiger partial charge in [0.2, 0.25) is 0 Å². The zero-order valence-electron chi connectivity index (χ0n) is 7.02. The van der Waals surface area contributed by atoms with E-state index in [1.54, 1.807) is 0 Å². The van der Waals surface area contributed by atoms with Crippen molar-refractivity contribution in [2.75, 3.05) is 7.11 Å². The lowest BCUT2D eigenvalue weighted by atomic mass is 10.1. The van der Waals surface area contributed by atoms with Crippen molar-refractivity contribution in [3.05, 3.63) is 0 Å². The number of aliphatic carboxylic acids is 1. The number of oxime groups is 1. The lowest BCUT2D eigenvalue weighted by Gasteiger charge is -2.02. The molecule has 0 aliphatic carbocycles. The maximum absolute atomic E-state index is 10.9. The molecule has 1 atom stereocenters. The third kappa shape index (κ3) is 2.43. The molecule has 0 radical (unpaired) electrons. The molecule has 6 heteroatoms. The molecule has 1 aliphatic heterocycles. The first-order valence-corrected chi connectivity index (χ1v) is 3.66. The van der Waals surface area contributed by atoms with Gasteiger partial charge in [-0.2, -0.15) is 0 Å². The van der Waals surface area contributed by atoms with E-state index in [1.807, 2.05) is 0 Å². The van der Waals surface area contributed by atoms with E-state index in [4.69, 9.17) is 9.94 Å². The summed E-state index contributed by atoms with van der Waals surface area (Å²) < 4.78 is 4.39. The van der Waals surface area contributed by atoms with Crippen LogP contribution < -0.4 is 0 Å². The summed E-state index contributed by atoms with van der Waals surface area (Å²) in [4.78, 5) is 25.8. The van der Waals surface area contributed by atoms with Crippen molar-refractivity contribution in [2.45, 2.75) is 18.9 Å². The molecule has 0 aromatic carbocycles.